The summed E-state index contributed by atoms with van der Waals surface area (Å²) in [6, 6.07) is 4.42. The summed E-state index contributed by atoms with van der Waals surface area (Å²) in [6.07, 6.45) is 4.59. The van der Waals surface area contributed by atoms with Crippen molar-refractivity contribution in [3.63, 3.8) is 0 Å². The molecule has 2 rings (SSSR count). The number of rotatable bonds is 3. The largest absolute Gasteiger partial charge is 0.271 e. The van der Waals surface area contributed by atoms with Crippen LogP contribution in [0.25, 0.3) is 0 Å². The van der Waals surface area contributed by atoms with Crippen molar-refractivity contribution in [2.24, 2.45) is 23.1 Å². The summed E-state index contributed by atoms with van der Waals surface area (Å²) >= 11 is 6.23. The van der Waals surface area contributed by atoms with Gasteiger partial charge in [0.25, 0.3) is 0 Å². The van der Waals surface area contributed by atoms with Crippen molar-refractivity contribution in [2.75, 3.05) is 0 Å². The lowest BCUT2D eigenvalue weighted by Gasteiger charge is -2.39. The summed E-state index contributed by atoms with van der Waals surface area (Å²) in [5.41, 5.74) is 3.99. The van der Waals surface area contributed by atoms with Crippen LogP contribution in [0, 0.1) is 23.1 Å². The normalized spacial score (nSPS) is 24.9. The molecule has 2 nitrogen and oxygen atoms in total. The molecule has 1 saturated carbocycles. The van der Waals surface area contributed by atoms with Gasteiger partial charge in [-0.15, -0.1) is 0 Å². The lowest BCUT2D eigenvalue weighted by molar-refractivity contribution is 0.132. The fourth-order valence-electron chi connectivity index (χ4n) is 3.55. The molecule has 3 N–H and O–H groups in total. The first-order valence-corrected chi connectivity index (χ1v) is 8.11. The van der Waals surface area contributed by atoms with Gasteiger partial charge in [-0.1, -0.05) is 32.4 Å². The van der Waals surface area contributed by atoms with Crippen LogP contribution in [0.15, 0.2) is 18.2 Å². The van der Waals surface area contributed by atoms with Gasteiger partial charge in [0.2, 0.25) is 0 Å². The number of hydrogen-bond acceptors (Lipinski definition) is 2. The number of halogens is 2. The number of benzene rings is 1. The highest BCUT2D eigenvalue weighted by atomic mass is 35.5. The maximum Gasteiger partial charge on any atom is 0.123 e. The Hall–Kier alpha value is -0.640. The zero-order chi connectivity index (χ0) is 15.6. The molecule has 0 aromatic heterocycles. The molecule has 1 aromatic rings. The molecule has 1 aliphatic carbocycles. The zero-order valence-corrected chi connectivity index (χ0v) is 13.9. The summed E-state index contributed by atoms with van der Waals surface area (Å²) in [6.45, 7) is 6.92. The van der Waals surface area contributed by atoms with E-state index in [1.165, 1.54) is 25.0 Å². The van der Waals surface area contributed by atoms with Crippen molar-refractivity contribution >= 4 is 11.6 Å². The molecule has 4 heteroatoms. The molecule has 118 valence electrons. The average molecular weight is 313 g/mol. The van der Waals surface area contributed by atoms with Gasteiger partial charge in [0.1, 0.15) is 5.82 Å². The van der Waals surface area contributed by atoms with E-state index in [1.54, 1.807) is 6.07 Å². The molecular formula is C17H26ClFN2. The van der Waals surface area contributed by atoms with Crippen molar-refractivity contribution in [3.8, 4) is 0 Å². The minimum absolute atomic E-state index is 0.0749. The van der Waals surface area contributed by atoms with E-state index < -0.39 is 0 Å². The van der Waals surface area contributed by atoms with Crippen LogP contribution in [-0.4, -0.2) is 0 Å². The van der Waals surface area contributed by atoms with Gasteiger partial charge in [-0.3, -0.25) is 11.3 Å². The van der Waals surface area contributed by atoms with E-state index in [4.69, 9.17) is 17.4 Å². The Labute approximate surface area is 132 Å². The van der Waals surface area contributed by atoms with Gasteiger partial charge < -0.3 is 0 Å². The Kier molecular flexibility index (Phi) is 5.29. The molecule has 1 aromatic carbocycles. The van der Waals surface area contributed by atoms with Crippen LogP contribution in [0.4, 0.5) is 4.39 Å². The summed E-state index contributed by atoms with van der Waals surface area (Å²) in [7, 11) is 0. The molecule has 0 radical (unpaired) electrons. The second kappa shape index (κ2) is 6.64. The number of hydrazine groups is 1. The third-order valence-corrected chi connectivity index (χ3v) is 5.28. The van der Waals surface area contributed by atoms with E-state index in [2.05, 4.69) is 26.2 Å². The Morgan fingerprint density at radius 2 is 1.86 bits per heavy atom. The minimum atomic E-state index is -0.266. The molecule has 1 aliphatic rings. The smallest absolute Gasteiger partial charge is 0.123 e. The number of nitrogens with two attached hydrogens (primary N) is 1. The van der Waals surface area contributed by atoms with Crippen LogP contribution in [0.2, 0.25) is 5.02 Å². The summed E-state index contributed by atoms with van der Waals surface area (Å²) in [5, 5.41) is 0.581. The SMILES string of the molecule is CC(C)(C)C1CCC(C(NN)c2cc(F)ccc2Cl)CC1. The van der Waals surface area contributed by atoms with Crippen molar-refractivity contribution in [2.45, 2.75) is 52.5 Å². The maximum absolute atomic E-state index is 13.5. The summed E-state index contributed by atoms with van der Waals surface area (Å²) in [4.78, 5) is 0. The fourth-order valence-corrected chi connectivity index (χ4v) is 3.79. The van der Waals surface area contributed by atoms with Crippen molar-refractivity contribution < 1.29 is 4.39 Å². The van der Waals surface area contributed by atoms with Gasteiger partial charge in [0, 0.05) is 5.02 Å². The molecule has 1 unspecified atom stereocenters. The second-order valence-electron chi connectivity index (χ2n) is 7.29. The van der Waals surface area contributed by atoms with Crippen molar-refractivity contribution in [3.05, 3.63) is 34.6 Å². The highest BCUT2D eigenvalue weighted by Gasteiger charge is 2.33. The molecule has 0 spiro atoms. The van der Waals surface area contributed by atoms with Crippen LogP contribution < -0.4 is 11.3 Å². The van der Waals surface area contributed by atoms with Crippen LogP contribution in [0.1, 0.15) is 58.1 Å². The Balaban J connectivity index is 2.11. The van der Waals surface area contributed by atoms with Gasteiger partial charge in [0.05, 0.1) is 6.04 Å². The summed E-state index contributed by atoms with van der Waals surface area (Å²) < 4.78 is 13.5. The Morgan fingerprint density at radius 1 is 1.24 bits per heavy atom. The van der Waals surface area contributed by atoms with Gasteiger partial charge in [-0.25, -0.2) is 4.39 Å². The lowest BCUT2D eigenvalue weighted by Crippen LogP contribution is -2.37. The fraction of sp³-hybridized carbons (Fsp3) is 0.647. The highest BCUT2D eigenvalue weighted by molar-refractivity contribution is 6.31. The average Bonchev–Trinajstić information content (AvgIpc) is 2.43. The first kappa shape index (κ1) is 16.7. The molecule has 0 saturated heterocycles. The zero-order valence-electron chi connectivity index (χ0n) is 13.1. The number of nitrogens with one attached hydrogen (secondary N) is 1. The van der Waals surface area contributed by atoms with E-state index in [1.807, 2.05) is 0 Å². The Morgan fingerprint density at radius 3 is 2.38 bits per heavy atom. The lowest BCUT2D eigenvalue weighted by atomic mass is 9.68. The van der Waals surface area contributed by atoms with Crippen LogP contribution >= 0.6 is 11.6 Å². The predicted molar refractivity (Wildman–Crippen MR) is 86.4 cm³/mol. The monoisotopic (exact) mass is 312 g/mol. The van der Waals surface area contributed by atoms with E-state index in [0.29, 0.717) is 16.4 Å². The maximum atomic E-state index is 13.5. The molecule has 0 amide bonds. The molecular weight excluding hydrogens is 287 g/mol. The van der Waals surface area contributed by atoms with Crippen molar-refractivity contribution in [1.29, 1.82) is 0 Å². The van der Waals surface area contributed by atoms with Gasteiger partial charge in [-0.05, 0) is 66.7 Å². The van der Waals surface area contributed by atoms with Gasteiger partial charge >= 0.3 is 0 Å². The third kappa shape index (κ3) is 3.97. The first-order valence-electron chi connectivity index (χ1n) is 7.74. The van der Waals surface area contributed by atoms with Crippen LogP contribution in [0.3, 0.4) is 0 Å². The summed E-state index contributed by atoms with van der Waals surface area (Å²) in [5.74, 6) is 6.63. The van der Waals surface area contributed by atoms with Crippen LogP contribution in [-0.2, 0) is 0 Å². The standard InChI is InChI=1S/C17H26ClFN2/c1-17(2,3)12-6-4-11(5-7-12)16(21-20)14-10-13(19)8-9-15(14)18/h8-12,16,21H,4-7,20H2,1-3H3. The predicted octanol–water partition coefficient (Wildman–Crippen LogP) is 4.84. The number of hydrogen-bond donors (Lipinski definition) is 2. The van der Waals surface area contributed by atoms with E-state index in [0.717, 1.165) is 24.3 Å². The molecule has 1 atom stereocenters. The van der Waals surface area contributed by atoms with E-state index in [9.17, 15) is 4.39 Å². The first-order chi connectivity index (χ1) is 9.82. The molecule has 0 aliphatic heterocycles. The Bertz CT molecular complexity index is 476. The van der Waals surface area contributed by atoms with E-state index in [-0.39, 0.29) is 11.9 Å². The van der Waals surface area contributed by atoms with Crippen molar-refractivity contribution in [1.82, 2.24) is 5.43 Å². The minimum Gasteiger partial charge on any atom is -0.271 e. The third-order valence-electron chi connectivity index (χ3n) is 4.94. The second-order valence-corrected chi connectivity index (χ2v) is 7.70. The highest BCUT2D eigenvalue weighted by Crippen LogP contribution is 2.44. The molecule has 1 fully saturated rings. The molecule has 0 bridgehead atoms. The van der Waals surface area contributed by atoms with Gasteiger partial charge in [-0.2, -0.15) is 0 Å². The van der Waals surface area contributed by atoms with Crippen LogP contribution in [0.5, 0.6) is 0 Å². The topological polar surface area (TPSA) is 38.0 Å². The molecule has 0 heterocycles. The van der Waals surface area contributed by atoms with E-state index >= 15 is 0 Å². The molecule has 21 heavy (non-hydrogen) atoms. The quantitative estimate of drug-likeness (QED) is 0.619. The van der Waals surface area contributed by atoms with Gasteiger partial charge in [0.15, 0.2) is 0 Å².